The van der Waals surface area contributed by atoms with Gasteiger partial charge >= 0.3 is 13.2 Å². The van der Waals surface area contributed by atoms with Crippen molar-refractivity contribution in [2.45, 2.75) is 90.8 Å². The van der Waals surface area contributed by atoms with Crippen LogP contribution in [0.15, 0.2) is 42.5 Å². The molecule has 1 amide bonds. The molecule has 3 aliphatic heterocycles. The summed E-state index contributed by atoms with van der Waals surface area (Å²) in [4.78, 5) is 23.2. The van der Waals surface area contributed by atoms with Crippen LogP contribution in [0.5, 0.6) is 5.75 Å². The van der Waals surface area contributed by atoms with Gasteiger partial charge in [-0.3, -0.25) is 4.90 Å². The van der Waals surface area contributed by atoms with E-state index in [4.69, 9.17) is 23.8 Å². The molecule has 218 valence electrons. The number of nitrogens with one attached hydrogen (secondary N) is 1. The first kappa shape index (κ1) is 27.3. The van der Waals surface area contributed by atoms with Crippen LogP contribution in [-0.4, -0.2) is 51.4 Å². The SMILES string of the molecule is CC(C)(C)OC(=O)N1CCCC1c1nc2c(ccc3cc4c(cc32)OCc2cc(B3OC(C)(C)C(C)(C)O3)ccc2-4)[nH]1. The number of hydrogen-bond donors (Lipinski definition) is 1. The summed E-state index contributed by atoms with van der Waals surface area (Å²) in [6.07, 6.45) is 1.47. The Labute approximate surface area is 246 Å². The summed E-state index contributed by atoms with van der Waals surface area (Å²) in [5, 5.41) is 2.11. The highest BCUT2D eigenvalue weighted by molar-refractivity contribution is 6.62. The standard InChI is InChI=1S/C33H38BN3O5/c1-31(2,3)40-30(38)37-14-8-9-26(37)29-35-25-13-10-19-16-24-22-12-11-21(34-41-32(4,5)33(6,7)42-34)15-20(22)18-39-27(24)17-23(19)28(25)36-29/h10-13,15-17,26H,8-9,14,18H2,1-7H3,(H,35,36). The number of nitrogens with zero attached hydrogens (tertiary/aromatic N) is 2. The van der Waals surface area contributed by atoms with Crippen LogP contribution in [0, 0.1) is 0 Å². The third-order valence-electron chi connectivity index (χ3n) is 9.11. The number of aromatic amines is 1. The lowest BCUT2D eigenvalue weighted by atomic mass is 9.77. The van der Waals surface area contributed by atoms with Crippen molar-refractivity contribution in [3.05, 3.63) is 53.9 Å². The molecule has 9 heteroatoms. The maximum absolute atomic E-state index is 12.9. The Morgan fingerprint density at radius 2 is 1.81 bits per heavy atom. The minimum atomic E-state index is -0.542. The van der Waals surface area contributed by atoms with Gasteiger partial charge in [-0.25, -0.2) is 9.78 Å². The molecule has 2 fully saturated rings. The number of likely N-dealkylation sites (tertiary alicyclic amines) is 1. The fraction of sp³-hybridized carbons (Fsp3) is 0.455. The van der Waals surface area contributed by atoms with Crippen molar-refractivity contribution in [1.29, 1.82) is 0 Å². The Balaban J connectivity index is 1.22. The topological polar surface area (TPSA) is 85.9 Å². The molecule has 42 heavy (non-hydrogen) atoms. The Morgan fingerprint density at radius 1 is 1.05 bits per heavy atom. The van der Waals surface area contributed by atoms with Crippen molar-refractivity contribution in [2.75, 3.05) is 6.54 Å². The number of rotatable bonds is 2. The molecule has 1 N–H and O–H groups in total. The number of carbonyl (C=O) groups is 1. The highest BCUT2D eigenvalue weighted by atomic mass is 16.7. The quantitative estimate of drug-likeness (QED) is 0.273. The van der Waals surface area contributed by atoms with E-state index in [9.17, 15) is 4.79 Å². The zero-order valence-electron chi connectivity index (χ0n) is 25.5. The van der Waals surface area contributed by atoms with E-state index >= 15 is 0 Å². The number of imidazole rings is 1. The number of fused-ring (bicyclic) bond motifs is 6. The third-order valence-corrected chi connectivity index (χ3v) is 9.11. The van der Waals surface area contributed by atoms with Crippen molar-refractivity contribution >= 4 is 40.5 Å². The van der Waals surface area contributed by atoms with Gasteiger partial charge in [-0.15, -0.1) is 0 Å². The number of amides is 1. The smallest absolute Gasteiger partial charge is 0.488 e. The lowest BCUT2D eigenvalue weighted by molar-refractivity contribution is 0.00578. The van der Waals surface area contributed by atoms with Gasteiger partial charge in [-0.1, -0.05) is 24.3 Å². The Kier molecular flexibility index (Phi) is 5.99. The van der Waals surface area contributed by atoms with Crippen LogP contribution in [-0.2, 0) is 20.7 Å². The zero-order chi connectivity index (χ0) is 29.6. The van der Waals surface area contributed by atoms with Crippen molar-refractivity contribution in [2.24, 2.45) is 0 Å². The number of benzene rings is 3. The maximum atomic E-state index is 12.9. The molecule has 1 unspecified atom stereocenters. The molecule has 0 radical (unpaired) electrons. The van der Waals surface area contributed by atoms with Gasteiger partial charge in [0.1, 0.15) is 23.8 Å². The zero-order valence-corrected chi connectivity index (χ0v) is 25.5. The first-order chi connectivity index (χ1) is 19.8. The lowest BCUT2D eigenvalue weighted by Crippen LogP contribution is -2.41. The molecule has 8 nitrogen and oxygen atoms in total. The number of ether oxygens (including phenoxy) is 2. The molecule has 4 aromatic rings. The number of H-pyrrole nitrogens is 1. The maximum Gasteiger partial charge on any atom is 0.494 e. The molecule has 3 aliphatic rings. The van der Waals surface area contributed by atoms with E-state index in [1.165, 1.54) is 0 Å². The van der Waals surface area contributed by atoms with Gasteiger partial charge in [-0.05, 0) is 101 Å². The fourth-order valence-electron chi connectivity index (χ4n) is 6.20. The van der Waals surface area contributed by atoms with E-state index in [2.05, 4.69) is 75.1 Å². The molecule has 0 saturated carbocycles. The normalized spacial score (nSPS) is 21.0. The van der Waals surface area contributed by atoms with Crippen LogP contribution in [0.2, 0.25) is 0 Å². The van der Waals surface area contributed by atoms with E-state index in [1.807, 2.05) is 20.8 Å². The second kappa shape index (κ2) is 9.22. The predicted molar refractivity (Wildman–Crippen MR) is 164 cm³/mol. The molecule has 0 aliphatic carbocycles. The molecule has 4 heterocycles. The second-order valence-corrected chi connectivity index (χ2v) is 13.8. The van der Waals surface area contributed by atoms with Gasteiger partial charge in [0.05, 0.1) is 28.3 Å². The summed E-state index contributed by atoms with van der Waals surface area (Å²) < 4.78 is 24.6. The monoisotopic (exact) mass is 567 g/mol. The number of carbonyl (C=O) groups excluding carboxylic acids is 1. The summed E-state index contributed by atoms with van der Waals surface area (Å²) in [6.45, 7) is 15.1. The largest absolute Gasteiger partial charge is 0.494 e. The van der Waals surface area contributed by atoms with Crippen molar-refractivity contribution in [1.82, 2.24) is 14.9 Å². The number of aromatic nitrogens is 2. The molecule has 7 rings (SSSR count). The third kappa shape index (κ3) is 4.45. The van der Waals surface area contributed by atoms with Crippen LogP contribution in [0.4, 0.5) is 4.79 Å². The summed E-state index contributed by atoms with van der Waals surface area (Å²) in [6, 6.07) is 14.7. The molecular formula is C33H38BN3O5. The van der Waals surface area contributed by atoms with E-state index in [-0.39, 0.29) is 12.1 Å². The Bertz CT molecular complexity index is 1720. The van der Waals surface area contributed by atoms with Crippen LogP contribution in [0.3, 0.4) is 0 Å². The van der Waals surface area contributed by atoms with Gasteiger partial charge in [0, 0.05) is 17.5 Å². The van der Waals surface area contributed by atoms with Gasteiger partial charge in [0.25, 0.3) is 0 Å². The van der Waals surface area contributed by atoms with Crippen LogP contribution < -0.4 is 10.2 Å². The minimum absolute atomic E-state index is 0.138. The average Bonchev–Trinajstić information content (AvgIpc) is 3.62. The van der Waals surface area contributed by atoms with E-state index in [0.29, 0.717) is 13.2 Å². The Hall–Kier alpha value is -3.56. The molecule has 2 saturated heterocycles. The highest BCUT2D eigenvalue weighted by Gasteiger charge is 2.51. The predicted octanol–water partition coefficient (Wildman–Crippen LogP) is 6.65. The molecule has 0 spiro atoms. The molecule has 3 aromatic carbocycles. The minimum Gasteiger partial charge on any atom is -0.488 e. The molecule has 1 atom stereocenters. The summed E-state index contributed by atoms with van der Waals surface area (Å²) in [7, 11) is -0.411. The van der Waals surface area contributed by atoms with Gasteiger partial charge in [0.15, 0.2) is 0 Å². The fourth-order valence-corrected chi connectivity index (χ4v) is 6.20. The van der Waals surface area contributed by atoms with Gasteiger partial charge in [0.2, 0.25) is 0 Å². The molecule has 0 bridgehead atoms. The summed E-state index contributed by atoms with van der Waals surface area (Å²) >= 11 is 0. The van der Waals surface area contributed by atoms with Gasteiger partial charge < -0.3 is 23.8 Å². The Morgan fingerprint density at radius 3 is 2.55 bits per heavy atom. The molecule has 1 aromatic heterocycles. The van der Waals surface area contributed by atoms with Crippen LogP contribution >= 0.6 is 0 Å². The van der Waals surface area contributed by atoms with Gasteiger partial charge in [-0.2, -0.15) is 0 Å². The summed E-state index contributed by atoms with van der Waals surface area (Å²) in [5.41, 5.74) is 4.82. The molecular weight excluding hydrogens is 529 g/mol. The first-order valence-electron chi connectivity index (χ1n) is 14.9. The average molecular weight is 567 g/mol. The van der Waals surface area contributed by atoms with Crippen molar-refractivity contribution in [3.8, 4) is 16.9 Å². The first-order valence-corrected chi connectivity index (χ1v) is 14.9. The summed E-state index contributed by atoms with van der Waals surface area (Å²) in [5.74, 6) is 1.63. The lowest BCUT2D eigenvalue weighted by Gasteiger charge is -2.32. The van der Waals surface area contributed by atoms with E-state index in [1.54, 1.807) is 4.90 Å². The van der Waals surface area contributed by atoms with Crippen molar-refractivity contribution in [3.63, 3.8) is 0 Å². The van der Waals surface area contributed by atoms with Crippen molar-refractivity contribution < 1.29 is 23.6 Å². The van der Waals surface area contributed by atoms with Crippen LogP contribution in [0.25, 0.3) is 32.9 Å². The van der Waals surface area contributed by atoms with E-state index in [0.717, 1.165) is 68.4 Å². The highest BCUT2D eigenvalue weighted by Crippen LogP contribution is 2.43. The van der Waals surface area contributed by atoms with Crippen LogP contribution in [0.1, 0.15) is 78.7 Å². The second-order valence-electron chi connectivity index (χ2n) is 13.8. The number of hydrogen-bond acceptors (Lipinski definition) is 6. The van der Waals surface area contributed by atoms with E-state index < -0.39 is 23.9 Å².